The average Bonchev–Trinajstić information content (AvgIpc) is 2.95. The highest BCUT2D eigenvalue weighted by Gasteiger charge is 2.30. The Morgan fingerprint density at radius 1 is 0.880 bits per heavy atom. The first kappa shape index (κ1) is 17.5. The van der Waals surface area contributed by atoms with Gasteiger partial charge in [0.05, 0.1) is 17.1 Å². The van der Waals surface area contributed by atoms with E-state index in [0.29, 0.717) is 5.92 Å². The molecule has 0 amide bonds. The van der Waals surface area contributed by atoms with E-state index in [9.17, 15) is 0 Å². The molecule has 2 aromatic rings. The Bertz CT molecular complexity index is 913. The Hall–Kier alpha value is -2.35. The van der Waals surface area contributed by atoms with Crippen LogP contribution in [0.3, 0.4) is 0 Å². The van der Waals surface area contributed by atoms with Crippen LogP contribution in [0.5, 0.6) is 0 Å². The van der Waals surface area contributed by atoms with E-state index in [4.69, 9.17) is 27.5 Å². The zero-order chi connectivity index (χ0) is 17.9. The van der Waals surface area contributed by atoms with E-state index >= 15 is 0 Å². The molecule has 6 nitrogen and oxygen atoms in total. The number of nitrogens with zero attached hydrogens (tertiary/aromatic N) is 2. The molecule has 0 bridgehead atoms. The molecule has 1 unspecified atom stereocenters. The van der Waals surface area contributed by atoms with E-state index in [1.165, 1.54) is 29.8 Å². The standard InChI is InChI=1S/C18H16N2.H2O4S/c1-2-7-13(8-3-1)18-14-9-6-12-15(14)19-16-10-4-5-11-17(16)20-18;1-5(2,3)4/h1-5,7-8,10-11,14H,6,9,12H2;(H2,1,2,3,4). The van der Waals surface area contributed by atoms with Crippen LogP contribution in [-0.4, -0.2) is 28.9 Å². The maximum absolute atomic E-state index is 8.74. The van der Waals surface area contributed by atoms with Crippen molar-refractivity contribution in [2.24, 2.45) is 15.9 Å². The van der Waals surface area contributed by atoms with Gasteiger partial charge in [-0.05, 0) is 37.0 Å². The molecule has 4 rings (SSSR count). The molecule has 25 heavy (non-hydrogen) atoms. The Morgan fingerprint density at radius 2 is 1.44 bits per heavy atom. The Labute approximate surface area is 146 Å². The third kappa shape index (κ3) is 4.60. The van der Waals surface area contributed by atoms with Crippen LogP contribution in [0.2, 0.25) is 0 Å². The minimum atomic E-state index is -4.67. The van der Waals surface area contributed by atoms with Crippen LogP contribution >= 0.6 is 0 Å². The fourth-order valence-corrected chi connectivity index (χ4v) is 3.15. The van der Waals surface area contributed by atoms with Crippen molar-refractivity contribution in [3.8, 4) is 0 Å². The van der Waals surface area contributed by atoms with E-state index < -0.39 is 10.4 Å². The van der Waals surface area contributed by atoms with E-state index in [1.807, 2.05) is 12.1 Å². The van der Waals surface area contributed by atoms with Crippen molar-refractivity contribution in [1.82, 2.24) is 0 Å². The van der Waals surface area contributed by atoms with Gasteiger partial charge in [-0.15, -0.1) is 0 Å². The summed E-state index contributed by atoms with van der Waals surface area (Å²) in [6, 6.07) is 18.7. The summed E-state index contributed by atoms with van der Waals surface area (Å²) in [6.45, 7) is 0. The van der Waals surface area contributed by atoms with Crippen molar-refractivity contribution < 1.29 is 17.5 Å². The van der Waals surface area contributed by atoms with Crippen LogP contribution in [0.25, 0.3) is 0 Å². The lowest BCUT2D eigenvalue weighted by Gasteiger charge is -2.13. The van der Waals surface area contributed by atoms with Gasteiger partial charge in [0.1, 0.15) is 0 Å². The van der Waals surface area contributed by atoms with Crippen LogP contribution < -0.4 is 0 Å². The Kier molecular flexibility index (Phi) is 5.08. The molecule has 1 saturated carbocycles. The van der Waals surface area contributed by atoms with Gasteiger partial charge >= 0.3 is 10.4 Å². The number of hydrogen-bond acceptors (Lipinski definition) is 4. The summed E-state index contributed by atoms with van der Waals surface area (Å²) in [5.74, 6) is 0.393. The molecule has 1 fully saturated rings. The van der Waals surface area contributed by atoms with Gasteiger partial charge in [-0.1, -0.05) is 42.5 Å². The molecule has 7 heteroatoms. The van der Waals surface area contributed by atoms with Gasteiger partial charge in [0, 0.05) is 11.6 Å². The van der Waals surface area contributed by atoms with Crippen molar-refractivity contribution >= 4 is 33.2 Å². The topological polar surface area (TPSA) is 99.3 Å². The van der Waals surface area contributed by atoms with Crippen LogP contribution in [0, 0.1) is 5.92 Å². The second-order valence-corrected chi connectivity index (χ2v) is 6.74. The second kappa shape index (κ2) is 7.26. The lowest BCUT2D eigenvalue weighted by Crippen LogP contribution is -2.19. The average molecular weight is 358 g/mol. The quantitative estimate of drug-likeness (QED) is 0.751. The van der Waals surface area contributed by atoms with E-state index in [1.54, 1.807) is 0 Å². The van der Waals surface area contributed by atoms with Gasteiger partial charge in [0.25, 0.3) is 0 Å². The summed E-state index contributed by atoms with van der Waals surface area (Å²) >= 11 is 0. The SMILES string of the molecule is O=S(=O)(O)O.c1ccc(C2=Nc3ccccc3N=C3CCCC32)cc1. The minimum absolute atomic E-state index is 0.393. The van der Waals surface area contributed by atoms with Crippen molar-refractivity contribution in [2.75, 3.05) is 0 Å². The van der Waals surface area contributed by atoms with Crippen molar-refractivity contribution in [1.29, 1.82) is 0 Å². The van der Waals surface area contributed by atoms with Crippen LogP contribution in [0.1, 0.15) is 24.8 Å². The predicted molar refractivity (Wildman–Crippen MR) is 97.7 cm³/mol. The van der Waals surface area contributed by atoms with Crippen molar-refractivity contribution in [3.05, 3.63) is 60.2 Å². The number of aliphatic imine (C=N–C) groups is 2. The van der Waals surface area contributed by atoms with Crippen molar-refractivity contribution in [3.63, 3.8) is 0 Å². The molecule has 1 atom stereocenters. The molecular weight excluding hydrogens is 340 g/mol. The van der Waals surface area contributed by atoms with E-state index in [0.717, 1.165) is 17.8 Å². The maximum atomic E-state index is 8.74. The first-order valence-corrected chi connectivity index (χ1v) is 9.32. The number of fused-ring (bicyclic) bond motifs is 2. The third-order valence-electron chi connectivity index (χ3n) is 4.11. The van der Waals surface area contributed by atoms with Crippen LogP contribution in [-0.2, 0) is 10.4 Å². The minimum Gasteiger partial charge on any atom is -0.264 e. The summed E-state index contributed by atoms with van der Waals surface area (Å²) in [7, 11) is -4.67. The van der Waals surface area contributed by atoms with Gasteiger partial charge < -0.3 is 0 Å². The predicted octanol–water partition coefficient (Wildman–Crippen LogP) is 4.04. The van der Waals surface area contributed by atoms with E-state index in [-0.39, 0.29) is 0 Å². The highest BCUT2D eigenvalue weighted by atomic mass is 32.3. The first-order valence-electron chi connectivity index (χ1n) is 7.92. The fraction of sp³-hybridized carbons (Fsp3) is 0.222. The molecule has 1 aliphatic heterocycles. The lowest BCUT2D eigenvalue weighted by atomic mass is 9.94. The molecule has 1 aliphatic carbocycles. The number of hydrogen-bond donors (Lipinski definition) is 2. The first-order chi connectivity index (χ1) is 11.9. The van der Waals surface area contributed by atoms with Gasteiger partial charge in [-0.3, -0.25) is 14.1 Å². The molecule has 0 spiro atoms. The Balaban J connectivity index is 0.000000324. The summed E-state index contributed by atoms with van der Waals surface area (Å²) in [5.41, 5.74) is 5.72. The van der Waals surface area contributed by atoms with E-state index in [2.05, 4.69) is 42.5 Å². The zero-order valence-electron chi connectivity index (χ0n) is 13.4. The van der Waals surface area contributed by atoms with Gasteiger partial charge in [-0.2, -0.15) is 8.42 Å². The van der Waals surface area contributed by atoms with Crippen LogP contribution in [0.4, 0.5) is 11.4 Å². The molecule has 0 saturated heterocycles. The zero-order valence-corrected chi connectivity index (χ0v) is 14.2. The molecule has 2 aromatic carbocycles. The van der Waals surface area contributed by atoms with Crippen LogP contribution in [0.15, 0.2) is 64.6 Å². The summed E-state index contributed by atoms with van der Waals surface area (Å²) in [5, 5.41) is 0. The smallest absolute Gasteiger partial charge is 0.264 e. The van der Waals surface area contributed by atoms with Crippen molar-refractivity contribution in [2.45, 2.75) is 19.3 Å². The van der Waals surface area contributed by atoms with Gasteiger partial charge in [-0.25, -0.2) is 4.99 Å². The second-order valence-electron chi connectivity index (χ2n) is 5.85. The molecule has 0 radical (unpaired) electrons. The normalized spacial score (nSPS) is 18.7. The lowest BCUT2D eigenvalue weighted by molar-refractivity contribution is 0.381. The molecule has 130 valence electrons. The highest BCUT2D eigenvalue weighted by Crippen LogP contribution is 2.37. The molecule has 2 N–H and O–H groups in total. The fourth-order valence-electron chi connectivity index (χ4n) is 3.15. The number of para-hydroxylation sites is 2. The third-order valence-corrected chi connectivity index (χ3v) is 4.11. The Morgan fingerprint density at radius 3 is 2.08 bits per heavy atom. The summed E-state index contributed by atoms with van der Waals surface area (Å²) in [6.07, 6.45) is 3.49. The largest absolute Gasteiger partial charge is 0.394 e. The maximum Gasteiger partial charge on any atom is 0.394 e. The summed E-state index contributed by atoms with van der Waals surface area (Å²) < 4.78 is 31.6. The highest BCUT2D eigenvalue weighted by molar-refractivity contribution is 7.79. The van der Waals surface area contributed by atoms with Gasteiger partial charge in [0.15, 0.2) is 0 Å². The molecule has 2 aliphatic rings. The monoisotopic (exact) mass is 358 g/mol. The molecule has 1 heterocycles. The number of benzene rings is 2. The number of rotatable bonds is 1. The summed E-state index contributed by atoms with van der Waals surface area (Å²) in [4.78, 5) is 9.83. The molecule has 0 aromatic heterocycles. The van der Waals surface area contributed by atoms with Gasteiger partial charge in [0.2, 0.25) is 0 Å². The molecular formula is C18H18N2O4S.